The second kappa shape index (κ2) is 7.64. The number of hydrogen-bond acceptors (Lipinski definition) is 4. The van der Waals surface area contributed by atoms with Gasteiger partial charge >= 0.3 is 0 Å². The van der Waals surface area contributed by atoms with E-state index in [9.17, 15) is 18.0 Å². The Kier molecular flexibility index (Phi) is 5.71. The van der Waals surface area contributed by atoms with Gasteiger partial charge in [0.25, 0.3) is 0 Å². The molecule has 2 aliphatic heterocycles. The van der Waals surface area contributed by atoms with E-state index >= 15 is 0 Å². The predicted molar refractivity (Wildman–Crippen MR) is 95.7 cm³/mol. The minimum Gasteiger partial charge on any atom is -0.342 e. The van der Waals surface area contributed by atoms with Crippen LogP contribution in [0.25, 0.3) is 0 Å². The maximum atomic E-state index is 12.9. The van der Waals surface area contributed by atoms with Crippen molar-refractivity contribution in [1.29, 1.82) is 0 Å². The third kappa shape index (κ3) is 4.18. The van der Waals surface area contributed by atoms with Crippen molar-refractivity contribution in [1.82, 2.24) is 9.80 Å². The number of hydrogen-bond donors (Lipinski definition) is 0. The summed E-state index contributed by atoms with van der Waals surface area (Å²) < 4.78 is 23.4. The summed E-state index contributed by atoms with van der Waals surface area (Å²) >= 11 is 0. The van der Waals surface area contributed by atoms with Crippen LogP contribution in [-0.2, 0) is 19.4 Å². The van der Waals surface area contributed by atoms with Crippen molar-refractivity contribution in [2.45, 2.75) is 57.9 Å². The molecule has 0 radical (unpaired) electrons. The predicted octanol–water partition coefficient (Wildman–Crippen LogP) is 1.45. The van der Waals surface area contributed by atoms with Crippen LogP contribution < -0.4 is 0 Å². The standard InChI is InChI=1S/C18H30N2O4S/c1-2-20(16-9-12-25(23,24)13-16)18(22)15-7-5-14(6-8-15)17(21)19-10-3-4-11-19/h14-16H,2-13H2,1H3. The first-order chi connectivity index (χ1) is 11.9. The van der Waals surface area contributed by atoms with Crippen LogP contribution in [0.3, 0.4) is 0 Å². The molecule has 0 aromatic carbocycles. The monoisotopic (exact) mass is 370 g/mol. The van der Waals surface area contributed by atoms with Crippen LogP contribution in [0.1, 0.15) is 51.9 Å². The zero-order valence-electron chi connectivity index (χ0n) is 15.2. The van der Waals surface area contributed by atoms with E-state index < -0.39 is 9.84 Å². The lowest BCUT2D eigenvalue weighted by Crippen LogP contribution is -2.45. The molecule has 7 heteroatoms. The molecule has 3 aliphatic rings. The summed E-state index contributed by atoms with van der Waals surface area (Å²) in [7, 11) is -2.99. The minimum atomic E-state index is -2.99. The van der Waals surface area contributed by atoms with Gasteiger partial charge in [-0.15, -0.1) is 0 Å². The van der Waals surface area contributed by atoms with E-state index in [1.165, 1.54) is 0 Å². The van der Waals surface area contributed by atoms with E-state index in [4.69, 9.17) is 0 Å². The molecule has 142 valence electrons. The largest absolute Gasteiger partial charge is 0.342 e. The molecule has 6 nitrogen and oxygen atoms in total. The van der Waals surface area contributed by atoms with Gasteiger partial charge in [0.1, 0.15) is 0 Å². The molecule has 3 fully saturated rings. The number of carbonyl (C=O) groups is 2. The Hall–Kier alpha value is -1.11. The maximum Gasteiger partial charge on any atom is 0.225 e. The van der Waals surface area contributed by atoms with Crippen LogP contribution >= 0.6 is 0 Å². The van der Waals surface area contributed by atoms with E-state index in [0.29, 0.717) is 13.0 Å². The molecule has 0 N–H and O–H groups in total. The van der Waals surface area contributed by atoms with E-state index in [1.807, 2.05) is 11.8 Å². The van der Waals surface area contributed by atoms with Gasteiger partial charge in [-0.25, -0.2) is 8.42 Å². The van der Waals surface area contributed by atoms with Crippen LogP contribution in [0.15, 0.2) is 0 Å². The Labute approximate surface area is 150 Å². The van der Waals surface area contributed by atoms with Gasteiger partial charge in [-0.2, -0.15) is 0 Å². The van der Waals surface area contributed by atoms with Crippen molar-refractivity contribution in [3.05, 3.63) is 0 Å². The van der Waals surface area contributed by atoms with Crippen molar-refractivity contribution in [3.8, 4) is 0 Å². The summed E-state index contributed by atoms with van der Waals surface area (Å²) in [6.07, 6.45) is 5.84. The molecule has 1 atom stereocenters. The van der Waals surface area contributed by atoms with Gasteiger partial charge in [0, 0.05) is 37.5 Å². The molecule has 2 amide bonds. The Bertz CT molecular complexity index is 605. The lowest BCUT2D eigenvalue weighted by Gasteiger charge is -2.34. The Morgan fingerprint density at radius 1 is 1.00 bits per heavy atom. The molecular formula is C18H30N2O4S. The normalized spacial score (nSPS) is 31.9. The summed E-state index contributed by atoms with van der Waals surface area (Å²) in [5, 5.41) is 0. The van der Waals surface area contributed by atoms with Gasteiger partial charge in [0.15, 0.2) is 9.84 Å². The summed E-state index contributed by atoms with van der Waals surface area (Å²) in [6.45, 7) is 4.26. The van der Waals surface area contributed by atoms with E-state index in [0.717, 1.165) is 51.6 Å². The first-order valence-corrected chi connectivity index (χ1v) is 11.5. The number of likely N-dealkylation sites (tertiary alicyclic amines) is 1. The second-order valence-electron chi connectivity index (χ2n) is 7.76. The molecule has 2 saturated heterocycles. The molecule has 0 aromatic rings. The lowest BCUT2D eigenvalue weighted by atomic mass is 9.80. The highest BCUT2D eigenvalue weighted by molar-refractivity contribution is 7.91. The van der Waals surface area contributed by atoms with Crippen molar-refractivity contribution in [2.24, 2.45) is 11.8 Å². The summed E-state index contributed by atoms with van der Waals surface area (Å²) in [4.78, 5) is 29.2. The smallest absolute Gasteiger partial charge is 0.225 e. The highest BCUT2D eigenvalue weighted by Crippen LogP contribution is 2.33. The summed E-state index contributed by atoms with van der Waals surface area (Å²) in [5.41, 5.74) is 0. The number of carbonyl (C=O) groups excluding carboxylic acids is 2. The highest BCUT2D eigenvalue weighted by Gasteiger charge is 2.38. The van der Waals surface area contributed by atoms with E-state index in [2.05, 4.69) is 0 Å². The fraction of sp³-hybridized carbons (Fsp3) is 0.889. The maximum absolute atomic E-state index is 12.9. The van der Waals surface area contributed by atoms with Crippen molar-refractivity contribution in [3.63, 3.8) is 0 Å². The number of sulfone groups is 1. The van der Waals surface area contributed by atoms with E-state index in [1.54, 1.807) is 4.90 Å². The van der Waals surface area contributed by atoms with Crippen LogP contribution in [0.4, 0.5) is 0 Å². The van der Waals surface area contributed by atoms with Gasteiger partial charge < -0.3 is 9.80 Å². The molecule has 2 heterocycles. The fourth-order valence-electron chi connectivity index (χ4n) is 4.63. The fourth-order valence-corrected chi connectivity index (χ4v) is 6.36. The van der Waals surface area contributed by atoms with Crippen molar-refractivity contribution >= 4 is 21.7 Å². The molecule has 1 saturated carbocycles. The molecule has 3 rings (SSSR count). The van der Waals surface area contributed by atoms with Crippen LogP contribution in [0.2, 0.25) is 0 Å². The molecule has 0 aromatic heterocycles. The third-order valence-electron chi connectivity index (χ3n) is 6.12. The zero-order valence-corrected chi connectivity index (χ0v) is 16.0. The highest BCUT2D eigenvalue weighted by atomic mass is 32.2. The van der Waals surface area contributed by atoms with Gasteiger partial charge in [0.05, 0.1) is 11.5 Å². The molecule has 1 unspecified atom stereocenters. The Balaban J connectivity index is 1.54. The number of rotatable bonds is 4. The number of amides is 2. The SMILES string of the molecule is CCN(C(=O)C1CCC(C(=O)N2CCCC2)CC1)C1CCS(=O)(=O)C1. The second-order valence-corrected chi connectivity index (χ2v) is 9.99. The summed E-state index contributed by atoms with van der Waals surface area (Å²) in [5.74, 6) is 0.692. The van der Waals surface area contributed by atoms with Gasteiger partial charge in [-0.1, -0.05) is 0 Å². The molecule has 0 spiro atoms. The molecule has 25 heavy (non-hydrogen) atoms. The van der Waals surface area contributed by atoms with Gasteiger partial charge in [0.2, 0.25) is 11.8 Å². The lowest BCUT2D eigenvalue weighted by molar-refractivity contribution is -0.142. The Morgan fingerprint density at radius 2 is 1.60 bits per heavy atom. The first-order valence-electron chi connectivity index (χ1n) is 9.71. The number of nitrogens with zero attached hydrogens (tertiary/aromatic N) is 2. The van der Waals surface area contributed by atoms with Crippen molar-refractivity contribution < 1.29 is 18.0 Å². The van der Waals surface area contributed by atoms with Crippen molar-refractivity contribution in [2.75, 3.05) is 31.1 Å². The van der Waals surface area contributed by atoms with Gasteiger partial charge in [-0.3, -0.25) is 9.59 Å². The zero-order chi connectivity index (χ0) is 18.0. The van der Waals surface area contributed by atoms with Crippen LogP contribution in [0.5, 0.6) is 0 Å². The minimum absolute atomic E-state index is 0.0501. The van der Waals surface area contributed by atoms with Gasteiger partial charge in [-0.05, 0) is 51.9 Å². The third-order valence-corrected chi connectivity index (χ3v) is 7.87. The average Bonchev–Trinajstić information content (AvgIpc) is 3.25. The first kappa shape index (κ1) is 18.7. The quantitative estimate of drug-likeness (QED) is 0.751. The summed E-state index contributed by atoms with van der Waals surface area (Å²) in [6, 6.07) is -0.161. The molecular weight excluding hydrogens is 340 g/mol. The Morgan fingerprint density at radius 3 is 2.12 bits per heavy atom. The topological polar surface area (TPSA) is 74.8 Å². The van der Waals surface area contributed by atoms with Crippen LogP contribution in [-0.4, -0.2) is 67.2 Å². The molecule has 0 bridgehead atoms. The average molecular weight is 371 g/mol. The molecule has 1 aliphatic carbocycles. The van der Waals surface area contributed by atoms with Crippen LogP contribution in [0, 0.1) is 11.8 Å². The van der Waals surface area contributed by atoms with E-state index in [-0.39, 0.29) is 41.2 Å².